The average Bonchev–Trinajstić information content (AvgIpc) is 2.59. The number of nitrogens with zero attached hydrogens (tertiary/aromatic N) is 2. The van der Waals surface area contributed by atoms with Gasteiger partial charge in [0.1, 0.15) is 0 Å². The minimum Gasteiger partial charge on any atom is -0.313 e. The number of aromatic nitrogens is 1. The van der Waals surface area contributed by atoms with E-state index in [0.717, 1.165) is 0 Å². The second kappa shape index (κ2) is 2.37. The van der Waals surface area contributed by atoms with Gasteiger partial charge in [-0.2, -0.15) is 0 Å². The van der Waals surface area contributed by atoms with Gasteiger partial charge in [0.2, 0.25) is 0 Å². The molecule has 1 aromatic rings. The van der Waals surface area contributed by atoms with Gasteiger partial charge in [-0.05, 0) is 25.0 Å². The summed E-state index contributed by atoms with van der Waals surface area (Å²) in [5.74, 6) is 0. The summed E-state index contributed by atoms with van der Waals surface area (Å²) in [5, 5.41) is 2.31. The van der Waals surface area contributed by atoms with Gasteiger partial charge in [0.05, 0.1) is 6.20 Å². The predicted molar refractivity (Wildman–Crippen MR) is 40.5 cm³/mol. The summed E-state index contributed by atoms with van der Waals surface area (Å²) in [6.07, 6.45) is 7.82. The summed E-state index contributed by atoms with van der Waals surface area (Å²) < 4.78 is 2.05. The van der Waals surface area contributed by atoms with Crippen LogP contribution in [0.3, 0.4) is 0 Å². The van der Waals surface area contributed by atoms with E-state index >= 15 is 0 Å². The molecule has 10 heavy (non-hydrogen) atoms. The summed E-state index contributed by atoms with van der Waals surface area (Å²) in [5.41, 5.74) is 0. The van der Waals surface area contributed by atoms with E-state index in [4.69, 9.17) is 0 Å². The molecule has 1 radical (unpaired) electrons. The zero-order chi connectivity index (χ0) is 6.81. The van der Waals surface area contributed by atoms with Gasteiger partial charge in [-0.3, -0.25) is 4.68 Å². The standard InChI is InChI=1S/C8H11N2/c1-2-6-9(5-1)10-7-3-4-8-10/h1-2,5H,3-4,7-8H2. The molecule has 2 rings (SSSR count). The van der Waals surface area contributed by atoms with Crippen LogP contribution in [0.1, 0.15) is 12.8 Å². The third kappa shape index (κ3) is 0.897. The van der Waals surface area contributed by atoms with Crippen molar-refractivity contribution in [1.29, 1.82) is 0 Å². The summed E-state index contributed by atoms with van der Waals surface area (Å²) in [6.45, 7) is 2.37. The van der Waals surface area contributed by atoms with Gasteiger partial charge in [-0.15, -0.1) is 0 Å². The Kier molecular flexibility index (Phi) is 1.38. The second-order valence-electron chi connectivity index (χ2n) is 2.64. The van der Waals surface area contributed by atoms with Crippen LogP contribution in [0.15, 0.2) is 18.3 Å². The lowest BCUT2D eigenvalue weighted by molar-refractivity contribution is 0.663. The summed E-state index contributed by atoms with van der Waals surface area (Å²) in [6, 6.07) is 3.96. The molecule has 0 spiro atoms. The maximum Gasteiger partial charge on any atom is 0.0878 e. The van der Waals surface area contributed by atoms with Crippen molar-refractivity contribution in [3.63, 3.8) is 0 Å². The quantitative estimate of drug-likeness (QED) is 0.558. The van der Waals surface area contributed by atoms with Crippen molar-refractivity contribution in [2.45, 2.75) is 12.8 Å². The van der Waals surface area contributed by atoms with Crippen LogP contribution < -0.4 is 5.01 Å². The Morgan fingerprint density at radius 2 is 2.00 bits per heavy atom. The van der Waals surface area contributed by atoms with Gasteiger partial charge >= 0.3 is 0 Å². The molecule has 0 aromatic carbocycles. The minimum atomic E-state index is 1.19. The highest BCUT2D eigenvalue weighted by molar-refractivity contribution is 4.98. The third-order valence-corrected chi connectivity index (χ3v) is 1.92. The summed E-state index contributed by atoms with van der Waals surface area (Å²) >= 11 is 0. The molecular formula is C8H11N2. The molecule has 2 heterocycles. The molecular weight excluding hydrogens is 124 g/mol. The molecule has 1 aliphatic heterocycles. The SMILES string of the molecule is [c]1cccn1N1CCCC1. The first-order valence-corrected chi connectivity index (χ1v) is 3.77. The van der Waals surface area contributed by atoms with Crippen molar-refractivity contribution in [3.8, 4) is 0 Å². The number of hydrogen-bond donors (Lipinski definition) is 0. The largest absolute Gasteiger partial charge is 0.313 e. The molecule has 0 amide bonds. The first kappa shape index (κ1) is 5.83. The van der Waals surface area contributed by atoms with Crippen LogP contribution in [0.25, 0.3) is 0 Å². The number of hydrogen-bond acceptors (Lipinski definition) is 1. The van der Waals surface area contributed by atoms with E-state index in [1.165, 1.54) is 25.9 Å². The molecule has 0 unspecified atom stereocenters. The van der Waals surface area contributed by atoms with Gasteiger partial charge in [-0.25, -0.2) is 0 Å². The van der Waals surface area contributed by atoms with Crippen LogP contribution in [-0.2, 0) is 0 Å². The Morgan fingerprint density at radius 3 is 2.60 bits per heavy atom. The molecule has 1 aliphatic rings. The molecule has 0 atom stereocenters. The fourth-order valence-corrected chi connectivity index (χ4v) is 1.38. The van der Waals surface area contributed by atoms with Crippen LogP contribution in [0, 0.1) is 6.20 Å². The third-order valence-electron chi connectivity index (χ3n) is 1.92. The first-order valence-electron chi connectivity index (χ1n) is 3.77. The molecule has 0 bridgehead atoms. The van der Waals surface area contributed by atoms with E-state index in [1.54, 1.807) is 0 Å². The Morgan fingerprint density at radius 1 is 1.20 bits per heavy atom. The normalized spacial score (nSPS) is 18.2. The highest BCUT2D eigenvalue weighted by Crippen LogP contribution is 2.05. The van der Waals surface area contributed by atoms with Crippen LogP contribution in [0.4, 0.5) is 0 Å². The Labute approximate surface area is 61.0 Å². The molecule has 2 heteroatoms. The maximum atomic E-state index is 3.12. The van der Waals surface area contributed by atoms with E-state index in [-0.39, 0.29) is 0 Å². The van der Waals surface area contributed by atoms with Gasteiger partial charge in [0.25, 0.3) is 0 Å². The van der Waals surface area contributed by atoms with Crippen molar-refractivity contribution in [3.05, 3.63) is 24.5 Å². The molecule has 0 saturated carbocycles. The highest BCUT2D eigenvalue weighted by Gasteiger charge is 2.09. The zero-order valence-corrected chi connectivity index (χ0v) is 5.95. The van der Waals surface area contributed by atoms with E-state index in [0.29, 0.717) is 0 Å². The van der Waals surface area contributed by atoms with E-state index in [1.807, 2.05) is 23.0 Å². The van der Waals surface area contributed by atoms with Crippen LogP contribution in [-0.4, -0.2) is 17.8 Å². The monoisotopic (exact) mass is 135 g/mol. The molecule has 1 aromatic heterocycles. The summed E-state index contributed by atoms with van der Waals surface area (Å²) in [7, 11) is 0. The van der Waals surface area contributed by atoms with Crippen molar-refractivity contribution < 1.29 is 0 Å². The van der Waals surface area contributed by atoms with Crippen LogP contribution in [0.2, 0.25) is 0 Å². The Balaban J connectivity index is 2.12. The van der Waals surface area contributed by atoms with Crippen LogP contribution in [0.5, 0.6) is 0 Å². The predicted octanol–water partition coefficient (Wildman–Crippen LogP) is 1.02. The van der Waals surface area contributed by atoms with E-state index < -0.39 is 0 Å². The second-order valence-corrected chi connectivity index (χ2v) is 2.64. The lowest BCUT2D eigenvalue weighted by atomic mass is 10.4. The molecule has 0 N–H and O–H groups in total. The Hall–Kier alpha value is -0.920. The maximum absolute atomic E-state index is 3.12. The Bertz CT molecular complexity index is 185. The molecule has 2 nitrogen and oxygen atoms in total. The fourth-order valence-electron chi connectivity index (χ4n) is 1.38. The fraction of sp³-hybridized carbons (Fsp3) is 0.500. The lowest BCUT2D eigenvalue weighted by Crippen LogP contribution is -2.29. The highest BCUT2D eigenvalue weighted by atomic mass is 15.5. The molecule has 1 saturated heterocycles. The first-order chi connectivity index (χ1) is 4.97. The molecule has 0 aliphatic carbocycles. The number of rotatable bonds is 1. The van der Waals surface area contributed by atoms with Gasteiger partial charge < -0.3 is 5.01 Å². The minimum absolute atomic E-state index is 1.19. The van der Waals surface area contributed by atoms with E-state index in [9.17, 15) is 0 Å². The summed E-state index contributed by atoms with van der Waals surface area (Å²) in [4.78, 5) is 0. The van der Waals surface area contributed by atoms with Crippen molar-refractivity contribution in [2.24, 2.45) is 0 Å². The van der Waals surface area contributed by atoms with Crippen molar-refractivity contribution in [2.75, 3.05) is 18.1 Å². The van der Waals surface area contributed by atoms with E-state index in [2.05, 4.69) is 11.2 Å². The van der Waals surface area contributed by atoms with Gasteiger partial charge in [-0.1, -0.05) is 0 Å². The van der Waals surface area contributed by atoms with Crippen molar-refractivity contribution >= 4 is 0 Å². The molecule has 53 valence electrons. The topological polar surface area (TPSA) is 8.17 Å². The smallest absolute Gasteiger partial charge is 0.0878 e. The zero-order valence-electron chi connectivity index (χ0n) is 5.95. The van der Waals surface area contributed by atoms with Crippen LogP contribution >= 0.6 is 0 Å². The average molecular weight is 135 g/mol. The van der Waals surface area contributed by atoms with Gasteiger partial charge in [0.15, 0.2) is 0 Å². The molecule has 1 fully saturated rings. The van der Waals surface area contributed by atoms with Crippen molar-refractivity contribution in [1.82, 2.24) is 4.68 Å². The van der Waals surface area contributed by atoms with Gasteiger partial charge in [0, 0.05) is 19.3 Å². The lowest BCUT2D eigenvalue weighted by Gasteiger charge is -2.17.